The van der Waals surface area contributed by atoms with Gasteiger partial charge in [-0.3, -0.25) is 14.9 Å². The molecule has 1 aromatic rings. The number of hydrogen-bond donors (Lipinski definition) is 1. The summed E-state index contributed by atoms with van der Waals surface area (Å²) < 4.78 is 4.76. The number of halogens is 1. The summed E-state index contributed by atoms with van der Waals surface area (Å²) in [4.78, 5) is 21.4. The van der Waals surface area contributed by atoms with Crippen molar-refractivity contribution >= 4 is 23.3 Å². The van der Waals surface area contributed by atoms with Crippen LogP contribution in [0.5, 0.6) is 0 Å². The number of nitro benzene ring substituents is 1. The van der Waals surface area contributed by atoms with E-state index in [0.29, 0.717) is 5.56 Å². The van der Waals surface area contributed by atoms with E-state index in [0.717, 1.165) is 0 Å². The number of carbonyl (C=O) groups excluding carboxylic acids is 1. The third-order valence-corrected chi connectivity index (χ3v) is 2.63. The molecule has 1 unspecified atom stereocenters. The average molecular weight is 273 g/mol. The van der Waals surface area contributed by atoms with Gasteiger partial charge in [0.25, 0.3) is 5.69 Å². The predicted molar refractivity (Wildman–Crippen MR) is 66.3 cm³/mol. The fraction of sp³-hybridized carbons (Fsp3) is 0.364. The highest BCUT2D eigenvalue weighted by Gasteiger charge is 2.18. The van der Waals surface area contributed by atoms with Gasteiger partial charge in [0, 0.05) is 23.2 Å². The molecule has 6 nitrogen and oxygen atoms in total. The molecule has 0 spiro atoms. The van der Waals surface area contributed by atoms with E-state index in [2.05, 4.69) is 0 Å². The minimum Gasteiger partial charge on any atom is -0.466 e. The number of carbonyl (C=O) groups is 1. The highest BCUT2D eigenvalue weighted by molar-refractivity contribution is 6.31. The van der Waals surface area contributed by atoms with Crippen molar-refractivity contribution in [2.45, 2.75) is 19.4 Å². The summed E-state index contributed by atoms with van der Waals surface area (Å²) in [6, 6.07) is 3.21. The third kappa shape index (κ3) is 3.68. The van der Waals surface area contributed by atoms with Crippen LogP contribution in [-0.2, 0) is 9.53 Å². The quantitative estimate of drug-likeness (QED) is 0.503. The van der Waals surface area contributed by atoms with Crippen LogP contribution in [0.2, 0.25) is 5.02 Å². The van der Waals surface area contributed by atoms with Gasteiger partial charge in [-0.05, 0) is 18.6 Å². The van der Waals surface area contributed by atoms with Crippen molar-refractivity contribution in [2.75, 3.05) is 6.61 Å². The third-order valence-electron chi connectivity index (χ3n) is 2.28. The summed E-state index contributed by atoms with van der Waals surface area (Å²) >= 11 is 5.90. The van der Waals surface area contributed by atoms with Gasteiger partial charge in [0.1, 0.15) is 0 Å². The molecule has 0 heterocycles. The summed E-state index contributed by atoms with van der Waals surface area (Å²) in [6.45, 7) is 1.94. The molecule has 0 radical (unpaired) electrons. The smallest absolute Gasteiger partial charge is 0.307 e. The number of non-ortho nitro benzene ring substituents is 1. The van der Waals surface area contributed by atoms with Gasteiger partial charge >= 0.3 is 5.97 Å². The molecule has 0 aliphatic rings. The second-order valence-electron chi connectivity index (χ2n) is 3.58. The predicted octanol–water partition coefficient (Wildman–Crippen LogP) is 2.20. The highest BCUT2D eigenvalue weighted by Crippen LogP contribution is 2.27. The van der Waals surface area contributed by atoms with E-state index in [-0.39, 0.29) is 23.7 Å². The Morgan fingerprint density at radius 2 is 2.28 bits per heavy atom. The molecule has 0 aliphatic heterocycles. The zero-order valence-electron chi connectivity index (χ0n) is 9.76. The van der Waals surface area contributed by atoms with Crippen molar-refractivity contribution in [3.8, 4) is 0 Å². The normalized spacial score (nSPS) is 11.9. The van der Waals surface area contributed by atoms with Gasteiger partial charge in [-0.1, -0.05) is 11.6 Å². The van der Waals surface area contributed by atoms with Gasteiger partial charge in [-0.15, -0.1) is 0 Å². The molecule has 1 atom stereocenters. The molecule has 7 heteroatoms. The van der Waals surface area contributed by atoms with E-state index in [1.807, 2.05) is 0 Å². The lowest BCUT2D eigenvalue weighted by Gasteiger charge is -2.12. The maximum atomic E-state index is 11.3. The number of benzene rings is 1. The Morgan fingerprint density at radius 3 is 2.83 bits per heavy atom. The number of ether oxygens (including phenoxy) is 1. The average Bonchev–Trinajstić information content (AvgIpc) is 2.29. The van der Waals surface area contributed by atoms with E-state index in [9.17, 15) is 14.9 Å². The summed E-state index contributed by atoms with van der Waals surface area (Å²) in [5.74, 6) is -0.465. The van der Waals surface area contributed by atoms with Crippen LogP contribution in [0.4, 0.5) is 5.69 Å². The summed E-state index contributed by atoms with van der Waals surface area (Å²) in [5, 5.41) is 10.9. The largest absolute Gasteiger partial charge is 0.466 e. The first-order valence-corrected chi connectivity index (χ1v) is 5.68. The first-order valence-electron chi connectivity index (χ1n) is 5.30. The van der Waals surface area contributed by atoms with Crippen molar-refractivity contribution in [3.63, 3.8) is 0 Å². The molecule has 0 saturated carbocycles. The van der Waals surface area contributed by atoms with Gasteiger partial charge in [0.2, 0.25) is 0 Å². The number of rotatable bonds is 5. The summed E-state index contributed by atoms with van der Waals surface area (Å²) in [6.07, 6.45) is -0.0747. The fourth-order valence-electron chi connectivity index (χ4n) is 1.44. The number of esters is 1. The van der Waals surface area contributed by atoms with Crippen LogP contribution in [0, 0.1) is 10.1 Å². The van der Waals surface area contributed by atoms with Crippen molar-refractivity contribution in [1.29, 1.82) is 0 Å². The lowest BCUT2D eigenvalue weighted by molar-refractivity contribution is -0.384. The SMILES string of the molecule is CCOC(=O)CC(N)c1cc([N+](=O)[O-])ccc1Cl. The molecular weight excluding hydrogens is 260 g/mol. The fourth-order valence-corrected chi connectivity index (χ4v) is 1.70. The highest BCUT2D eigenvalue weighted by atomic mass is 35.5. The van der Waals surface area contributed by atoms with Crippen LogP contribution in [0.3, 0.4) is 0 Å². The van der Waals surface area contributed by atoms with Gasteiger partial charge in [0.05, 0.1) is 18.0 Å². The van der Waals surface area contributed by atoms with Gasteiger partial charge in [0.15, 0.2) is 0 Å². The Bertz CT molecular complexity index is 464. The second-order valence-corrected chi connectivity index (χ2v) is 3.99. The van der Waals surface area contributed by atoms with E-state index >= 15 is 0 Å². The summed E-state index contributed by atoms with van der Waals surface area (Å²) in [5.41, 5.74) is 6.03. The van der Waals surface area contributed by atoms with Crippen LogP contribution in [0.1, 0.15) is 24.9 Å². The number of nitrogens with two attached hydrogens (primary N) is 1. The maximum Gasteiger partial charge on any atom is 0.307 e. The van der Waals surface area contributed by atoms with Gasteiger partial charge < -0.3 is 10.5 Å². The van der Waals surface area contributed by atoms with E-state index in [1.54, 1.807) is 6.92 Å². The van der Waals surface area contributed by atoms with Crippen LogP contribution in [0.15, 0.2) is 18.2 Å². The number of nitrogens with zero attached hydrogens (tertiary/aromatic N) is 1. The maximum absolute atomic E-state index is 11.3. The topological polar surface area (TPSA) is 95.5 Å². The zero-order chi connectivity index (χ0) is 13.7. The molecule has 0 fully saturated rings. The van der Waals surface area contributed by atoms with E-state index in [1.165, 1.54) is 18.2 Å². The Hall–Kier alpha value is -1.66. The molecule has 0 bridgehead atoms. The molecule has 0 saturated heterocycles. The molecular formula is C11H13ClN2O4. The standard InChI is InChI=1S/C11H13ClN2O4/c1-2-18-11(15)6-10(13)8-5-7(14(16)17)3-4-9(8)12/h3-5,10H,2,6,13H2,1H3. The van der Waals surface area contributed by atoms with Crippen molar-refractivity contribution in [1.82, 2.24) is 0 Å². The minimum absolute atomic E-state index is 0.0747. The molecule has 1 rings (SSSR count). The van der Waals surface area contributed by atoms with Gasteiger partial charge in [-0.25, -0.2) is 0 Å². The van der Waals surface area contributed by atoms with E-state index in [4.69, 9.17) is 22.1 Å². The monoisotopic (exact) mass is 272 g/mol. The first kappa shape index (κ1) is 14.4. The van der Waals surface area contributed by atoms with Crippen LogP contribution in [0.25, 0.3) is 0 Å². The zero-order valence-corrected chi connectivity index (χ0v) is 10.5. The molecule has 18 heavy (non-hydrogen) atoms. The van der Waals surface area contributed by atoms with E-state index < -0.39 is 16.9 Å². The Balaban J connectivity index is 2.90. The Kier molecular flexibility index (Phi) is 5.06. The Labute approximate surface area is 109 Å². The molecule has 0 amide bonds. The first-order chi connectivity index (χ1) is 8.45. The van der Waals surface area contributed by atoms with Crippen molar-refractivity contribution in [2.24, 2.45) is 5.73 Å². The molecule has 0 aliphatic carbocycles. The lowest BCUT2D eigenvalue weighted by atomic mass is 10.0. The molecule has 98 valence electrons. The van der Waals surface area contributed by atoms with Crippen LogP contribution in [-0.4, -0.2) is 17.5 Å². The van der Waals surface area contributed by atoms with Crippen molar-refractivity contribution in [3.05, 3.63) is 38.9 Å². The Morgan fingerprint density at radius 1 is 1.61 bits per heavy atom. The second kappa shape index (κ2) is 6.32. The van der Waals surface area contributed by atoms with Crippen LogP contribution >= 0.6 is 11.6 Å². The molecule has 2 N–H and O–H groups in total. The number of hydrogen-bond acceptors (Lipinski definition) is 5. The van der Waals surface area contributed by atoms with Gasteiger partial charge in [-0.2, -0.15) is 0 Å². The summed E-state index contributed by atoms with van der Waals surface area (Å²) in [7, 11) is 0. The number of nitro groups is 1. The van der Waals surface area contributed by atoms with Crippen LogP contribution < -0.4 is 5.73 Å². The molecule has 0 aromatic heterocycles. The molecule has 1 aromatic carbocycles. The lowest BCUT2D eigenvalue weighted by Crippen LogP contribution is -2.17. The minimum atomic E-state index is -0.726. The van der Waals surface area contributed by atoms with Crippen molar-refractivity contribution < 1.29 is 14.5 Å².